The maximum Gasteiger partial charge on any atom is 0.202 e. The second-order valence-electron chi connectivity index (χ2n) is 4.91. The van der Waals surface area contributed by atoms with Crippen LogP contribution >= 0.6 is 11.5 Å². The minimum Gasteiger partial charge on any atom is -0.357 e. The van der Waals surface area contributed by atoms with Crippen molar-refractivity contribution >= 4 is 16.7 Å². The summed E-state index contributed by atoms with van der Waals surface area (Å²) in [5.74, 6) is 2.32. The highest BCUT2D eigenvalue weighted by molar-refractivity contribution is 7.09. The van der Waals surface area contributed by atoms with Gasteiger partial charge in [0.15, 0.2) is 0 Å². The molecule has 0 aliphatic heterocycles. The molecule has 0 aromatic carbocycles. The molecule has 3 N–H and O–H groups in total. The van der Waals surface area contributed by atoms with Crippen LogP contribution in [0.15, 0.2) is 0 Å². The van der Waals surface area contributed by atoms with Gasteiger partial charge in [0, 0.05) is 23.5 Å². The standard InChI is InChI=1S/C11H18N4S/c12-6-8-2-1-3-9(8)13-11-14-10(15-16-11)7-4-5-7/h7-9H,1-6,12H2,(H,13,14,15). The van der Waals surface area contributed by atoms with Crippen molar-refractivity contribution in [1.29, 1.82) is 0 Å². The van der Waals surface area contributed by atoms with Crippen molar-refractivity contribution in [2.75, 3.05) is 11.9 Å². The molecule has 1 aromatic rings. The van der Waals surface area contributed by atoms with Crippen LogP contribution in [0.3, 0.4) is 0 Å². The molecule has 2 aliphatic rings. The van der Waals surface area contributed by atoms with E-state index in [9.17, 15) is 0 Å². The molecule has 0 spiro atoms. The number of nitrogens with two attached hydrogens (primary N) is 1. The van der Waals surface area contributed by atoms with Crippen LogP contribution in [0.2, 0.25) is 0 Å². The lowest BCUT2D eigenvalue weighted by molar-refractivity contribution is 0.516. The van der Waals surface area contributed by atoms with Crippen LogP contribution in [0.1, 0.15) is 43.8 Å². The molecule has 0 amide bonds. The van der Waals surface area contributed by atoms with Gasteiger partial charge in [-0.1, -0.05) is 6.42 Å². The molecule has 2 fully saturated rings. The highest BCUT2D eigenvalue weighted by Crippen LogP contribution is 2.39. The molecule has 5 heteroatoms. The number of nitrogens with zero attached hydrogens (tertiary/aromatic N) is 2. The number of anilines is 1. The van der Waals surface area contributed by atoms with E-state index in [0.717, 1.165) is 17.5 Å². The van der Waals surface area contributed by atoms with E-state index in [4.69, 9.17) is 5.73 Å². The first-order valence-electron chi connectivity index (χ1n) is 6.17. The van der Waals surface area contributed by atoms with Crippen molar-refractivity contribution in [3.63, 3.8) is 0 Å². The fourth-order valence-corrected chi connectivity index (χ4v) is 3.18. The van der Waals surface area contributed by atoms with E-state index in [1.807, 2.05) is 0 Å². The normalized spacial score (nSPS) is 29.6. The summed E-state index contributed by atoms with van der Waals surface area (Å²) in [7, 11) is 0. The second kappa shape index (κ2) is 4.30. The van der Waals surface area contributed by atoms with Gasteiger partial charge >= 0.3 is 0 Å². The lowest BCUT2D eigenvalue weighted by atomic mass is 10.0. The van der Waals surface area contributed by atoms with Crippen LogP contribution in [-0.4, -0.2) is 21.9 Å². The Morgan fingerprint density at radius 2 is 2.19 bits per heavy atom. The van der Waals surface area contributed by atoms with Crippen LogP contribution in [0.4, 0.5) is 5.13 Å². The monoisotopic (exact) mass is 238 g/mol. The Kier molecular flexibility index (Phi) is 2.81. The highest BCUT2D eigenvalue weighted by Gasteiger charge is 2.30. The number of aromatic nitrogens is 2. The second-order valence-corrected chi connectivity index (χ2v) is 5.66. The first kappa shape index (κ1) is 10.5. The van der Waals surface area contributed by atoms with Crippen LogP contribution < -0.4 is 11.1 Å². The van der Waals surface area contributed by atoms with Gasteiger partial charge in [-0.25, -0.2) is 4.98 Å². The van der Waals surface area contributed by atoms with Crippen LogP contribution in [0.25, 0.3) is 0 Å². The summed E-state index contributed by atoms with van der Waals surface area (Å²) in [6.45, 7) is 0.784. The molecule has 1 aromatic heterocycles. The first-order chi connectivity index (χ1) is 7.86. The van der Waals surface area contributed by atoms with Gasteiger partial charge in [0.2, 0.25) is 5.13 Å². The van der Waals surface area contributed by atoms with Gasteiger partial charge in [-0.05, 0) is 38.1 Å². The van der Waals surface area contributed by atoms with Crippen molar-refractivity contribution in [2.24, 2.45) is 11.7 Å². The van der Waals surface area contributed by atoms with Gasteiger partial charge in [-0.2, -0.15) is 4.37 Å². The molecular weight excluding hydrogens is 220 g/mol. The summed E-state index contributed by atoms with van der Waals surface area (Å²) >= 11 is 1.50. The largest absolute Gasteiger partial charge is 0.357 e. The summed E-state index contributed by atoms with van der Waals surface area (Å²) in [6, 6.07) is 0.519. The van der Waals surface area contributed by atoms with Gasteiger partial charge in [0.1, 0.15) is 5.82 Å². The Morgan fingerprint density at radius 1 is 1.31 bits per heavy atom. The maximum absolute atomic E-state index is 5.77. The molecule has 2 atom stereocenters. The summed E-state index contributed by atoms with van der Waals surface area (Å²) in [5.41, 5.74) is 5.77. The minimum atomic E-state index is 0.519. The quantitative estimate of drug-likeness (QED) is 0.841. The molecule has 3 rings (SSSR count). The summed E-state index contributed by atoms with van der Waals surface area (Å²) in [4.78, 5) is 4.56. The highest BCUT2D eigenvalue weighted by atomic mass is 32.1. The molecular formula is C11H18N4S. The van der Waals surface area contributed by atoms with Gasteiger partial charge < -0.3 is 11.1 Å². The van der Waals surface area contributed by atoms with Gasteiger partial charge in [0.05, 0.1) is 0 Å². The number of hydrogen-bond donors (Lipinski definition) is 2. The average molecular weight is 238 g/mol. The Balaban J connectivity index is 1.63. The lowest BCUT2D eigenvalue weighted by Crippen LogP contribution is -2.29. The molecule has 0 bridgehead atoms. The predicted octanol–water partition coefficient (Wildman–Crippen LogP) is 1.95. The van der Waals surface area contributed by atoms with E-state index >= 15 is 0 Å². The van der Waals surface area contributed by atoms with E-state index in [1.54, 1.807) is 0 Å². The maximum atomic E-state index is 5.77. The van der Waals surface area contributed by atoms with Crippen molar-refractivity contribution < 1.29 is 0 Å². The minimum absolute atomic E-state index is 0.519. The third kappa shape index (κ3) is 2.06. The molecule has 16 heavy (non-hydrogen) atoms. The number of rotatable bonds is 4. The smallest absolute Gasteiger partial charge is 0.202 e. The van der Waals surface area contributed by atoms with Crippen molar-refractivity contribution in [3.05, 3.63) is 5.82 Å². The van der Waals surface area contributed by atoms with Gasteiger partial charge in [0.25, 0.3) is 0 Å². The Labute approximate surface area is 99.8 Å². The third-order valence-corrected chi connectivity index (χ3v) is 4.32. The van der Waals surface area contributed by atoms with Gasteiger partial charge in [-0.3, -0.25) is 0 Å². The van der Waals surface area contributed by atoms with Crippen LogP contribution in [0, 0.1) is 5.92 Å². The molecule has 2 aliphatic carbocycles. The van der Waals surface area contributed by atoms with E-state index in [2.05, 4.69) is 14.7 Å². The van der Waals surface area contributed by atoms with Crippen LogP contribution in [-0.2, 0) is 0 Å². The fraction of sp³-hybridized carbons (Fsp3) is 0.818. The van der Waals surface area contributed by atoms with Crippen molar-refractivity contribution in [3.8, 4) is 0 Å². The molecule has 2 unspecified atom stereocenters. The summed E-state index contributed by atoms with van der Waals surface area (Å²) in [5, 5.41) is 4.50. The average Bonchev–Trinajstić information content (AvgIpc) is 2.88. The van der Waals surface area contributed by atoms with E-state index in [1.165, 1.54) is 43.6 Å². The third-order valence-electron chi connectivity index (χ3n) is 3.65. The molecule has 88 valence electrons. The molecule has 1 heterocycles. The number of hydrogen-bond acceptors (Lipinski definition) is 5. The van der Waals surface area contributed by atoms with Crippen molar-refractivity contribution in [2.45, 2.75) is 44.1 Å². The van der Waals surface area contributed by atoms with E-state index in [0.29, 0.717) is 17.9 Å². The summed E-state index contributed by atoms with van der Waals surface area (Å²) < 4.78 is 4.41. The Hall–Kier alpha value is -0.680. The van der Waals surface area contributed by atoms with E-state index < -0.39 is 0 Å². The zero-order valence-corrected chi connectivity index (χ0v) is 10.2. The van der Waals surface area contributed by atoms with E-state index in [-0.39, 0.29) is 0 Å². The molecule has 0 radical (unpaired) electrons. The first-order valence-corrected chi connectivity index (χ1v) is 6.94. The summed E-state index contributed by atoms with van der Waals surface area (Å²) in [6.07, 6.45) is 6.30. The topological polar surface area (TPSA) is 63.8 Å². The Morgan fingerprint density at radius 3 is 2.94 bits per heavy atom. The van der Waals surface area contributed by atoms with Crippen molar-refractivity contribution in [1.82, 2.24) is 9.36 Å². The fourth-order valence-electron chi connectivity index (χ4n) is 2.47. The zero-order chi connectivity index (χ0) is 11.0. The SMILES string of the molecule is NCC1CCCC1Nc1nc(C2CC2)ns1. The number of nitrogens with one attached hydrogen (secondary N) is 1. The molecule has 0 saturated heterocycles. The lowest BCUT2D eigenvalue weighted by Gasteiger charge is -2.18. The molecule has 4 nitrogen and oxygen atoms in total. The predicted molar refractivity (Wildman–Crippen MR) is 65.7 cm³/mol. The van der Waals surface area contributed by atoms with Crippen LogP contribution in [0.5, 0.6) is 0 Å². The Bertz CT molecular complexity index is 361. The zero-order valence-electron chi connectivity index (χ0n) is 9.35. The van der Waals surface area contributed by atoms with Gasteiger partial charge in [-0.15, -0.1) is 0 Å². The molecule has 2 saturated carbocycles.